The molecule has 0 aromatic carbocycles. The molecule has 1 aliphatic rings. The molecule has 0 amide bonds. The van der Waals surface area contributed by atoms with Crippen LogP contribution >= 0.6 is 7.60 Å². The highest BCUT2D eigenvalue weighted by Crippen LogP contribution is 2.48. The Morgan fingerprint density at radius 3 is 2.69 bits per heavy atom. The summed E-state index contributed by atoms with van der Waals surface area (Å²) in [5, 5.41) is 13.6. The van der Waals surface area contributed by atoms with E-state index in [4.69, 9.17) is 24.4 Å². The van der Waals surface area contributed by atoms with Gasteiger partial charge in [0, 0.05) is 0 Å². The van der Waals surface area contributed by atoms with Gasteiger partial charge in [0.2, 0.25) is 5.95 Å². The monoisotopic (exact) mass is 393 g/mol. The van der Waals surface area contributed by atoms with Gasteiger partial charge >= 0.3 is 7.60 Å². The Kier molecular flexibility index (Phi) is 7.38. The van der Waals surface area contributed by atoms with Gasteiger partial charge in [-0.2, -0.15) is 4.98 Å². The van der Waals surface area contributed by atoms with Crippen LogP contribution in [0.25, 0.3) is 0 Å². The van der Waals surface area contributed by atoms with Crippen LogP contribution in [0.5, 0.6) is 0 Å². The standard InChI is InChI=1S/C13H24N5O7P/c1-3-24-26(21,25-4-2)8-22-9(5-19)6-23-18-7-15-10-11(18)16-13(14)17-12(10)20/h9,15,19H,3-8H2,1-2H3,(H3,14,16,17,20). The predicted molar refractivity (Wildman–Crippen MR) is 93.9 cm³/mol. The van der Waals surface area contributed by atoms with Crippen LogP contribution in [0.4, 0.5) is 17.5 Å². The number of nitrogen functional groups attached to an aromatic ring is 1. The fraction of sp³-hybridized carbons (Fsp3) is 0.692. The molecule has 0 bridgehead atoms. The second-order valence-corrected chi connectivity index (χ2v) is 7.20. The van der Waals surface area contributed by atoms with Crippen molar-refractivity contribution >= 4 is 25.0 Å². The molecule has 0 fully saturated rings. The number of aromatic nitrogens is 2. The van der Waals surface area contributed by atoms with Gasteiger partial charge in [-0.1, -0.05) is 0 Å². The number of fused-ring (bicyclic) bond motifs is 1. The van der Waals surface area contributed by atoms with Gasteiger partial charge < -0.3 is 29.9 Å². The zero-order valence-electron chi connectivity index (χ0n) is 14.6. The highest BCUT2D eigenvalue weighted by atomic mass is 31.2. The number of aliphatic hydroxyl groups excluding tert-OH is 1. The molecule has 26 heavy (non-hydrogen) atoms. The second kappa shape index (κ2) is 9.31. The van der Waals surface area contributed by atoms with E-state index >= 15 is 0 Å². The number of nitrogens with zero attached hydrogens (tertiary/aromatic N) is 2. The van der Waals surface area contributed by atoms with Gasteiger partial charge in [-0.05, 0) is 13.8 Å². The van der Waals surface area contributed by atoms with Crippen molar-refractivity contribution in [3.63, 3.8) is 0 Å². The molecule has 0 spiro atoms. The van der Waals surface area contributed by atoms with Gasteiger partial charge in [0.1, 0.15) is 31.4 Å². The summed E-state index contributed by atoms with van der Waals surface area (Å²) < 4.78 is 28.0. The summed E-state index contributed by atoms with van der Waals surface area (Å²) in [5.74, 6) is 0.188. The first-order valence-corrected chi connectivity index (χ1v) is 9.80. The lowest BCUT2D eigenvalue weighted by Crippen LogP contribution is -2.32. The Hall–Kier alpha value is -1.69. The maximum absolute atomic E-state index is 12.4. The summed E-state index contributed by atoms with van der Waals surface area (Å²) in [6, 6.07) is 0. The van der Waals surface area contributed by atoms with Crippen LogP contribution in [0, 0.1) is 0 Å². The van der Waals surface area contributed by atoms with Crippen molar-refractivity contribution in [3.05, 3.63) is 10.4 Å². The van der Waals surface area contributed by atoms with Crippen LogP contribution in [-0.4, -0.2) is 60.6 Å². The SMILES string of the molecule is CCOP(=O)(COC(CO)CON1CNc2c1nc(N)[nH]c2=O)OCC. The molecule has 2 rings (SSSR count). The van der Waals surface area contributed by atoms with Crippen molar-refractivity contribution in [3.8, 4) is 0 Å². The van der Waals surface area contributed by atoms with E-state index in [-0.39, 0.29) is 56.9 Å². The number of aliphatic hydroxyl groups is 1. The molecule has 148 valence electrons. The number of hydrogen-bond donors (Lipinski definition) is 4. The summed E-state index contributed by atoms with van der Waals surface area (Å²) >= 11 is 0. The molecular formula is C13H24N5O7P. The molecule has 1 unspecified atom stereocenters. The number of hydroxylamine groups is 1. The molecule has 12 nitrogen and oxygen atoms in total. The average molecular weight is 393 g/mol. The van der Waals surface area contributed by atoms with Gasteiger partial charge in [0.25, 0.3) is 5.56 Å². The summed E-state index contributed by atoms with van der Waals surface area (Å²) in [7, 11) is -3.39. The van der Waals surface area contributed by atoms with Crippen molar-refractivity contribution in [2.75, 3.05) is 55.6 Å². The lowest BCUT2D eigenvalue weighted by molar-refractivity contribution is -0.0377. The first kappa shape index (κ1) is 20.6. The van der Waals surface area contributed by atoms with Crippen molar-refractivity contribution < 1.29 is 28.3 Å². The van der Waals surface area contributed by atoms with Gasteiger partial charge in [-0.25, -0.2) is 5.06 Å². The fourth-order valence-corrected chi connectivity index (χ4v) is 3.58. The van der Waals surface area contributed by atoms with Crippen LogP contribution in [0.2, 0.25) is 0 Å². The summed E-state index contributed by atoms with van der Waals surface area (Å²) in [6.07, 6.45) is -1.10. The third-order valence-electron chi connectivity index (χ3n) is 3.29. The van der Waals surface area contributed by atoms with Crippen molar-refractivity contribution in [1.29, 1.82) is 0 Å². The summed E-state index contributed by atoms with van der Waals surface area (Å²) in [4.78, 5) is 23.7. The number of aromatic amines is 1. The number of hydrogen-bond acceptors (Lipinski definition) is 11. The molecule has 1 aromatic heterocycles. The molecule has 0 saturated heterocycles. The van der Waals surface area contributed by atoms with E-state index in [2.05, 4.69) is 15.3 Å². The van der Waals surface area contributed by atoms with E-state index in [0.29, 0.717) is 0 Å². The molecule has 1 aromatic rings. The minimum Gasteiger partial charge on any atom is -0.394 e. The topological polar surface area (TPSA) is 161 Å². The zero-order valence-corrected chi connectivity index (χ0v) is 15.5. The van der Waals surface area contributed by atoms with E-state index in [1.54, 1.807) is 13.8 Å². The quantitative estimate of drug-likeness (QED) is 0.377. The average Bonchev–Trinajstić information content (AvgIpc) is 2.99. The molecule has 0 aliphatic carbocycles. The second-order valence-electron chi connectivity index (χ2n) is 5.21. The number of H-pyrrole nitrogens is 1. The van der Waals surface area contributed by atoms with Crippen molar-refractivity contribution in [1.82, 2.24) is 9.97 Å². The molecule has 5 N–H and O–H groups in total. The maximum Gasteiger partial charge on any atom is 0.356 e. The molecule has 13 heteroatoms. The summed E-state index contributed by atoms with van der Waals surface area (Å²) in [5.41, 5.74) is 5.35. The molecule has 1 aliphatic heterocycles. The van der Waals surface area contributed by atoms with E-state index in [1.807, 2.05) is 0 Å². The van der Waals surface area contributed by atoms with Gasteiger partial charge in [-0.15, -0.1) is 0 Å². The predicted octanol–water partition coefficient (Wildman–Crippen LogP) is 0.0742. The normalized spacial score (nSPS) is 15.0. The number of nitrogens with one attached hydrogen (secondary N) is 2. The number of rotatable bonds is 11. The number of ether oxygens (including phenoxy) is 1. The Morgan fingerprint density at radius 2 is 2.08 bits per heavy atom. The third kappa shape index (κ3) is 5.16. The minimum absolute atomic E-state index is 0.0459. The van der Waals surface area contributed by atoms with Crippen LogP contribution in [-0.2, 0) is 23.2 Å². The Labute approximate surface area is 150 Å². The highest BCUT2D eigenvalue weighted by Gasteiger charge is 2.28. The third-order valence-corrected chi connectivity index (χ3v) is 5.06. The Morgan fingerprint density at radius 1 is 1.38 bits per heavy atom. The first-order chi connectivity index (χ1) is 12.4. The molecule has 2 heterocycles. The van der Waals surface area contributed by atoms with Crippen LogP contribution in [0.1, 0.15) is 13.8 Å². The Bertz CT molecular complexity index is 690. The van der Waals surface area contributed by atoms with E-state index in [1.165, 1.54) is 5.06 Å². The van der Waals surface area contributed by atoms with Gasteiger partial charge in [0.05, 0.1) is 19.8 Å². The van der Waals surface area contributed by atoms with Crippen LogP contribution in [0.15, 0.2) is 4.79 Å². The highest BCUT2D eigenvalue weighted by molar-refractivity contribution is 7.53. The fourth-order valence-electron chi connectivity index (χ4n) is 2.18. The van der Waals surface area contributed by atoms with E-state index in [0.717, 1.165) is 0 Å². The maximum atomic E-state index is 12.4. The lowest BCUT2D eigenvalue weighted by Gasteiger charge is -2.23. The number of nitrogens with two attached hydrogens (primary N) is 1. The molecule has 1 atom stereocenters. The van der Waals surface area contributed by atoms with Crippen LogP contribution < -0.4 is 21.7 Å². The number of anilines is 3. The first-order valence-electron chi connectivity index (χ1n) is 8.07. The smallest absolute Gasteiger partial charge is 0.356 e. The zero-order chi connectivity index (χ0) is 19.2. The molecule has 0 saturated carbocycles. The lowest BCUT2D eigenvalue weighted by atomic mass is 10.4. The van der Waals surface area contributed by atoms with E-state index < -0.39 is 19.3 Å². The largest absolute Gasteiger partial charge is 0.394 e. The van der Waals surface area contributed by atoms with Crippen LogP contribution in [0.3, 0.4) is 0 Å². The minimum atomic E-state index is -3.39. The molecule has 0 radical (unpaired) electrons. The summed E-state index contributed by atoms with van der Waals surface area (Å²) in [6.45, 7) is 3.51. The molecular weight excluding hydrogens is 369 g/mol. The van der Waals surface area contributed by atoms with Gasteiger partial charge in [-0.3, -0.25) is 19.2 Å². The van der Waals surface area contributed by atoms with Crippen molar-refractivity contribution in [2.45, 2.75) is 20.0 Å². The van der Waals surface area contributed by atoms with Crippen molar-refractivity contribution in [2.24, 2.45) is 0 Å². The van der Waals surface area contributed by atoms with E-state index in [9.17, 15) is 14.5 Å². The Balaban J connectivity index is 1.92. The van der Waals surface area contributed by atoms with Gasteiger partial charge in [0.15, 0.2) is 5.82 Å².